The summed E-state index contributed by atoms with van der Waals surface area (Å²) in [5, 5.41) is 23.6. The molecule has 152 valence electrons. The van der Waals surface area contributed by atoms with E-state index in [9.17, 15) is 15.1 Å². The topological polar surface area (TPSA) is 79.1 Å². The highest BCUT2D eigenvalue weighted by atomic mass is 79.9. The van der Waals surface area contributed by atoms with E-state index in [1.165, 1.54) is 13.3 Å². The molecule has 9 atom stereocenters. The van der Waals surface area contributed by atoms with Gasteiger partial charge in [-0.3, -0.25) is 4.79 Å². The molecule has 9 unspecified atom stereocenters. The van der Waals surface area contributed by atoms with E-state index in [4.69, 9.17) is 4.74 Å². The number of nitrogens with zero attached hydrogens (tertiary/aromatic N) is 1. The molecule has 0 saturated heterocycles. The molecule has 0 bridgehead atoms. The zero-order valence-corrected chi connectivity index (χ0v) is 17.9. The lowest BCUT2D eigenvalue weighted by Gasteiger charge is -2.60. The lowest BCUT2D eigenvalue weighted by Crippen LogP contribution is -2.58. The van der Waals surface area contributed by atoms with Crippen LogP contribution in [0.25, 0.3) is 0 Å². The SMILES string of the molecule is CC(=O)OC1CCC2C3CCC4CC(Br)C(O)CC4(C=NO)C3CCC12C. The molecule has 0 radical (unpaired) electrons. The molecular weight excluding hydrogens is 410 g/mol. The van der Waals surface area contributed by atoms with Gasteiger partial charge in [-0.2, -0.15) is 0 Å². The van der Waals surface area contributed by atoms with Crippen LogP contribution in [0.2, 0.25) is 0 Å². The van der Waals surface area contributed by atoms with Gasteiger partial charge in [-0.1, -0.05) is 22.9 Å². The van der Waals surface area contributed by atoms with E-state index in [1.807, 2.05) is 0 Å². The van der Waals surface area contributed by atoms with Crippen molar-refractivity contribution in [2.45, 2.75) is 82.2 Å². The number of aliphatic hydroxyl groups excluding tert-OH is 1. The first-order chi connectivity index (χ1) is 12.8. The summed E-state index contributed by atoms with van der Waals surface area (Å²) in [6.07, 6.45) is 9.49. The number of alkyl halides is 1. The minimum Gasteiger partial charge on any atom is -0.462 e. The largest absolute Gasteiger partial charge is 0.462 e. The van der Waals surface area contributed by atoms with Gasteiger partial charge in [0, 0.05) is 22.6 Å². The van der Waals surface area contributed by atoms with E-state index < -0.39 is 6.10 Å². The van der Waals surface area contributed by atoms with Gasteiger partial charge in [-0.15, -0.1) is 5.16 Å². The lowest BCUT2D eigenvalue weighted by molar-refractivity contribution is -0.159. The van der Waals surface area contributed by atoms with Crippen LogP contribution in [-0.2, 0) is 9.53 Å². The van der Waals surface area contributed by atoms with Crippen molar-refractivity contribution in [2.24, 2.45) is 39.7 Å². The zero-order chi connectivity index (χ0) is 19.4. The molecule has 0 spiro atoms. The third-order valence-corrected chi connectivity index (χ3v) is 9.73. The van der Waals surface area contributed by atoms with Gasteiger partial charge in [0.05, 0.1) is 12.3 Å². The average molecular weight is 442 g/mol. The number of hydrogen-bond acceptors (Lipinski definition) is 5. The van der Waals surface area contributed by atoms with Crippen LogP contribution in [0.4, 0.5) is 0 Å². The van der Waals surface area contributed by atoms with Gasteiger partial charge in [-0.25, -0.2) is 0 Å². The third kappa shape index (κ3) is 2.97. The second-order valence-electron chi connectivity index (χ2n) is 9.75. The molecule has 4 saturated carbocycles. The maximum atomic E-state index is 11.6. The number of carbonyl (C=O) groups is 1. The Kier molecular flexibility index (Phi) is 5.11. The molecule has 0 aromatic heterocycles. The molecule has 4 fully saturated rings. The number of fused-ring (bicyclic) bond motifs is 5. The molecule has 4 aliphatic carbocycles. The number of oxime groups is 1. The molecule has 0 heterocycles. The monoisotopic (exact) mass is 441 g/mol. The molecule has 4 rings (SSSR count). The van der Waals surface area contributed by atoms with Crippen LogP contribution in [0.3, 0.4) is 0 Å². The van der Waals surface area contributed by atoms with Crippen molar-refractivity contribution in [2.75, 3.05) is 0 Å². The molecule has 2 N–H and O–H groups in total. The second-order valence-corrected chi connectivity index (χ2v) is 10.9. The molecule has 6 heteroatoms. The first-order valence-electron chi connectivity index (χ1n) is 10.5. The van der Waals surface area contributed by atoms with E-state index in [-0.39, 0.29) is 27.7 Å². The van der Waals surface area contributed by atoms with Crippen LogP contribution in [0.1, 0.15) is 65.2 Å². The van der Waals surface area contributed by atoms with Crippen molar-refractivity contribution in [3.05, 3.63) is 0 Å². The summed E-state index contributed by atoms with van der Waals surface area (Å²) in [5.74, 6) is 1.82. The number of esters is 1. The number of halogens is 1. The first kappa shape index (κ1) is 19.7. The fourth-order valence-electron chi connectivity index (χ4n) is 7.60. The number of rotatable bonds is 2. The molecule has 0 amide bonds. The smallest absolute Gasteiger partial charge is 0.302 e. The molecule has 0 aromatic carbocycles. The highest BCUT2D eigenvalue weighted by Gasteiger charge is 2.62. The van der Waals surface area contributed by atoms with Crippen LogP contribution < -0.4 is 0 Å². The Bertz CT molecular complexity index is 627. The summed E-state index contributed by atoms with van der Waals surface area (Å²) < 4.78 is 5.72. The Labute approximate surface area is 170 Å². The Morgan fingerprint density at radius 3 is 2.70 bits per heavy atom. The minimum atomic E-state index is -0.399. The summed E-state index contributed by atoms with van der Waals surface area (Å²) >= 11 is 3.66. The van der Waals surface area contributed by atoms with E-state index >= 15 is 0 Å². The number of hydrogen-bond donors (Lipinski definition) is 2. The molecular formula is C21H32BrNO4. The number of aliphatic hydroxyl groups is 1. The maximum absolute atomic E-state index is 11.6. The Morgan fingerprint density at radius 1 is 1.22 bits per heavy atom. The van der Waals surface area contributed by atoms with Gasteiger partial charge in [0.1, 0.15) is 6.10 Å². The van der Waals surface area contributed by atoms with Crippen LogP contribution in [-0.4, -0.2) is 39.5 Å². The van der Waals surface area contributed by atoms with Gasteiger partial charge in [0.2, 0.25) is 0 Å². The summed E-state index contributed by atoms with van der Waals surface area (Å²) in [5.41, 5.74) is -0.148. The van der Waals surface area contributed by atoms with Crippen molar-refractivity contribution in [1.29, 1.82) is 0 Å². The van der Waals surface area contributed by atoms with Crippen molar-refractivity contribution in [3.8, 4) is 0 Å². The van der Waals surface area contributed by atoms with Gasteiger partial charge < -0.3 is 15.1 Å². The van der Waals surface area contributed by atoms with Crippen LogP contribution in [0.5, 0.6) is 0 Å². The fraction of sp³-hybridized carbons (Fsp3) is 0.905. The summed E-state index contributed by atoms with van der Waals surface area (Å²) in [6, 6.07) is 0. The Balaban J connectivity index is 1.65. The standard InChI is InChI=1S/C21H32BrNO4/c1-12(24)27-19-6-5-15-14-4-3-13-9-17(22)18(25)10-21(13,11-23-26)16(14)7-8-20(15,19)2/h11,13-19,25-26H,3-10H2,1-2H3. The van der Waals surface area contributed by atoms with E-state index in [2.05, 4.69) is 28.0 Å². The quantitative estimate of drug-likeness (QED) is 0.222. The highest BCUT2D eigenvalue weighted by molar-refractivity contribution is 9.09. The predicted octanol–water partition coefficient (Wildman–Crippen LogP) is 4.14. The lowest BCUT2D eigenvalue weighted by atomic mass is 9.44. The number of ether oxygens (including phenoxy) is 1. The first-order valence-corrected chi connectivity index (χ1v) is 11.4. The maximum Gasteiger partial charge on any atom is 0.302 e. The van der Waals surface area contributed by atoms with E-state index in [1.54, 1.807) is 6.21 Å². The van der Waals surface area contributed by atoms with E-state index in [0.717, 1.165) is 38.5 Å². The summed E-state index contributed by atoms with van der Waals surface area (Å²) in [4.78, 5) is 11.7. The van der Waals surface area contributed by atoms with Crippen LogP contribution in [0.15, 0.2) is 5.16 Å². The fourth-order valence-corrected chi connectivity index (χ4v) is 8.24. The highest BCUT2D eigenvalue weighted by Crippen LogP contribution is 2.66. The average Bonchev–Trinajstić information content (AvgIpc) is 2.93. The Morgan fingerprint density at radius 2 is 2.00 bits per heavy atom. The predicted molar refractivity (Wildman–Crippen MR) is 106 cm³/mol. The molecule has 27 heavy (non-hydrogen) atoms. The normalized spacial score (nSPS) is 52.1. The molecule has 4 aliphatic rings. The Hall–Kier alpha value is -0.620. The third-order valence-electron chi connectivity index (χ3n) is 8.75. The van der Waals surface area contributed by atoms with Crippen molar-refractivity contribution >= 4 is 28.1 Å². The molecule has 0 aliphatic heterocycles. The van der Waals surface area contributed by atoms with Gasteiger partial charge in [-0.05, 0) is 75.0 Å². The van der Waals surface area contributed by atoms with Crippen molar-refractivity contribution < 1.29 is 19.8 Å². The molecule has 0 aromatic rings. The van der Waals surface area contributed by atoms with Crippen LogP contribution >= 0.6 is 15.9 Å². The van der Waals surface area contributed by atoms with Gasteiger partial charge in [0.25, 0.3) is 0 Å². The van der Waals surface area contributed by atoms with Gasteiger partial charge >= 0.3 is 5.97 Å². The van der Waals surface area contributed by atoms with Crippen molar-refractivity contribution in [1.82, 2.24) is 0 Å². The summed E-state index contributed by atoms with van der Waals surface area (Å²) in [6.45, 7) is 3.83. The minimum absolute atomic E-state index is 0.0324. The van der Waals surface area contributed by atoms with Gasteiger partial charge in [0.15, 0.2) is 0 Å². The van der Waals surface area contributed by atoms with E-state index in [0.29, 0.717) is 30.1 Å². The zero-order valence-electron chi connectivity index (χ0n) is 16.3. The summed E-state index contributed by atoms with van der Waals surface area (Å²) in [7, 11) is 0. The van der Waals surface area contributed by atoms with Crippen molar-refractivity contribution in [3.63, 3.8) is 0 Å². The van der Waals surface area contributed by atoms with Crippen LogP contribution in [0, 0.1) is 34.5 Å². The second kappa shape index (κ2) is 7.01. The molecule has 5 nitrogen and oxygen atoms in total. The number of carbonyl (C=O) groups excluding carboxylic acids is 1.